The molecule has 4 rings (SSSR count). The Morgan fingerprint density at radius 1 is 1.03 bits per heavy atom. The molecule has 1 atom stereocenters. The van der Waals surface area contributed by atoms with Crippen LogP contribution in [0.1, 0.15) is 12.5 Å². The first kappa shape index (κ1) is 20.1. The Kier molecular flexibility index (Phi) is 5.07. The van der Waals surface area contributed by atoms with Gasteiger partial charge in [0, 0.05) is 27.5 Å². The molecule has 0 fully saturated rings. The summed E-state index contributed by atoms with van der Waals surface area (Å²) in [4.78, 5) is 12.4. The quantitative estimate of drug-likeness (QED) is 0.391. The number of halogens is 4. The van der Waals surface area contributed by atoms with Crippen molar-refractivity contribution in [1.82, 2.24) is 0 Å². The van der Waals surface area contributed by atoms with Crippen molar-refractivity contribution in [2.75, 3.05) is 5.32 Å². The highest BCUT2D eigenvalue weighted by molar-refractivity contribution is 6.31. The molecular weight excluding hydrogens is 419 g/mol. The summed E-state index contributed by atoms with van der Waals surface area (Å²) < 4.78 is 49.9. The highest BCUT2D eigenvalue weighted by Gasteiger charge is 2.30. The Hall–Kier alpha value is -3.19. The van der Waals surface area contributed by atoms with Crippen LogP contribution in [0.3, 0.4) is 0 Å². The minimum atomic E-state index is -4.49. The van der Waals surface area contributed by atoms with Crippen molar-refractivity contribution in [3.8, 4) is 5.75 Å². The van der Waals surface area contributed by atoms with Gasteiger partial charge in [0.25, 0.3) is 5.91 Å². The number of carbonyl (C=O) groups is 1. The summed E-state index contributed by atoms with van der Waals surface area (Å²) in [5, 5.41) is 4.64. The summed E-state index contributed by atoms with van der Waals surface area (Å²) in [7, 11) is 0. The number of ether oxygens (including phenoxy) is 1. The topological polar surface area (TPSA) is 51.5 Å². The average Bonchev–Trinajstić information content (AvgIpc) is 3.04. The molecule has 0 spiro atoms. The summed E-state index contributed by atoms with van der Waals surface area (Å²) in [5.74, 6) is -0.148. The predicted molar refractivity (Wildman–Crippen MR) is 109 cm³/mol. The molecule has 154 valence electrons. The van der Waals surface area contributed by atoms with Crippen molar-refractivity contribution in [2.45, 2.75) is 19.2 Å². The molecule has 1 heterocycles. The molecule has 0 saturated carbocycles. The van der Waals surface area contributed by atoms with Crippen LogP contribution < -0.4 is 10.1 Å². The summed E-state index contributed by atoms with van der Waals surface area (Å²) in [6.45, 7) is 1.51. The van der Waals surface area contributed by atoms with E-state index in [1.54, 1.807) is 30.3 Å². The molecule has 0 aliphatic carbocycles. The molecule has 30 heavy (non-hydrogen) atoms. The third-order valence-corrected chi connectivity index (χ3v) is 4.78. The Bertz CT molecular complexity index is 1250. The number of nitrogens with one attached hydrogen (secondary N) is 1. The van der Waals surface area contributed by atoms with E-state index in [9.17, 15) is 18.0 Å². The maximum absolute atomic E-state index is 12.8. The molecule has 4 nitrogen and oxygen atoms in total. The van der Waals surface area contributed by atoms with E-state index < -0.39 is 23.8 Å². The van der Waals surface area contributed by atoms with Crippen LogP contribution in [0.4, 0.5) is 18.9 Å². The van der Waals surface area contributed by atoms with Crippen molar-refractivity contribution < 1.29 is 27.1 Å². The Balaban J connectivity index is 1.52. The fourth-order valence-electron chi connectivity index (χ4n) is 3.08. The van der Waals surface area contributed by atoms with E-state index >= 15 is 0 Å². The zero-order chi connectivity index (χ0) is 21.5. The maximum Gasteiger partial charge on any atom is 0.416 e. The smallest absolute Gasteiger partial charge is 0.416 e. The van der Waals surface area contributed by atoms with Gasteiger partial charge in [0.05, 0.1) is 5.56 Å². The Morgan fingerprint density at radius 2 is 1.83 bits per heavy atom. The Labute approximate surface area is 174 Å². The average molecular weight is 434 g/mol. The van der Waals surface area contributed by atoms with E-state index in [1.165, 1.54) is 19.1 Å². The first-order chi connectivity index (χ1) is 14.2. The lowest BCUT2D eigenvalue weighted by atomic mass is 10.1. The van der Waals surface area contributed by atoms with Crippen LogP contribution in [0, 0.1) is 0 Å². The fraction of sp³-hybridized carbons (Fsp3) is 0.136. The second-order valence-electron chi connectivity index (χ2n) is 6.73. The van der Waals surface area contributed by atoms with Gasteiger partial charge in [-0.1, -0.05) is 17.7 Å². The molecule has 0 saturated heterocycles. The highest BCUT2D eigenvalue weighted by Crippen LogP contribution is 2.33. The van der Waals surface area contributed by atoms with Gasteiger partial charge in [0.15, 0.2) is 6.10 Å². The summed E-state index contributed by atoms with van der Waals surface area (Å²) in [6, 6.07) is 14.8. The fourth-order valence-corrected chi connectivity index (χ4v) is 3.24. The number of benzene rings is 3. The number of carbonyl (C=O) groups excluding carboxylic acids is 1. The third kappa shape index (κ3) is 4.07. The molecule has 1 unspecified atom stereocenters. The lowest BCUT2D eigenvalue weighted by Crippen LogP contribution is -2.30. The molecule has 0 aliphatic rings. The molecule has 3 aromatic carbocycles. The number of furan rings is 1. The van der Waals surface area contributed by atoms with E-state index in [1.807, 2.05) is 6.07 Å². The maximum atomic E-state index is 12.8. The lowest BCUT2D eigenvalue weighted by molar-refractivity contribution is -0.137. The van der Waals surface area contributed by atoms with E-state index in [0.717, 1.165) is 22.9 Å². The summed E-state index contributed by atoms with van der Waals surface area (Å²) in [5.41, 5.74) is 0.468. The van der Waals surface area contributed by atoms with Gasteiger partial charge in [-0.05, 0) is 55.5 Å². The molecule has 0 radical (unpaired) electrons. The first-order valence-corrected chi connectivity index (χ1v) is 9.35. The lowest BCUT2D eigenvalue weighted by Gasteiger charge is -2.15. The number of amides is 1. The standard InChI is InChI=1S/C22H15ClF3NO3/c1-12(21(28)27-15-4-2-3-13(9-15)22(24,25)26)29-16-6-8-19-18(11-16)17-7-5-14(23)10-20(17)30-19/h2-12H,1H3,(H,27,28). The van der Waals surface area contributed by atoms with Crippen LogP contribution >= 0.6 is 11.6 Å². The van der Waals surface area contributed by atoms with Gasteiger partial charge in [-0.2, -0.15) is 13.2 Å². The highest BCUT2D eigenvalue weighted by atomic mass is 35.5. The molecule has 0 aliphatic heterocycles. The monoisotopic (exact) mass is 433 g/mol. The number of hydrogen-bond acceptors (Lipinski definition) is 3. The van der Waals surface area contributed by atoms with Crippen molar-refractivity contribution in [2.24, 2.45) is 0 Å². The minimum Gasteiger partial charge on any atom is -0.481 e. The number of fused-ring (bicyclic) bond motifs is 3. The van der Waals surface area contributed by atoms with Gasteiger partial charge in [0.1, 0.15) is 16.9 Å². The van der Waals surface area contributed by atoms with Crippen molar-refractivity contribution >= 4 is 45.1 Å². The van der Waals surface area contributed by atoms with Crippen molar-refractivity contribution in [3.63, 3.8) is 0 Å². The van der Waals surface area contributed by atoms with E-state index in [-0.39, 0.29) is 5.69 Å². The molecule has 1 aromatic heterocycles. The Morgan fingerprint density at radius 3 is 2.60 bits per heavy atom. The normalized spacial score (nSPS) is 12.8. The van der Waals surface area contributed by atoms with Gasteiger partial charge >= 0.3 is 6.18 Å². The summed E-state index contributed by atoms with van der Waals surface area (Å²) in [6.07, 6.45) is -5.43. The molecule has 1 N–H and O–H groups in total. The largest absolute Gasteiger partial charge is 0.481 e. The molecule has 0 bridgehead atoms. The SMILES string of the molecule is CC(Oc1ccc2oc3cc(Cl)ccc3c2c1)C(=O)Nc1cccc(C(F)(F)F)c1. The van der Waals surface area contributed by atoms with E-state index in [0.29, 0.717) is 21.9 Å². The van der Waals surface area contributed by atoms with Crippen molar-refractivity contribution in [3.05, 3.63) is 71.2 Å². The van der Waals surface area contributed by atoms with E-state index in [4.69, 9.17) is 20.8 Å². The predicted octanol–water partition coefficient (Wildman–Crippen LogP) is 6.66. The van der Waals surface area contributed by atoms with Crippen LogP contribution in [-0.4, -0.2) is 12.0 Å². The first-order valence-electron chi connectivity index (χ1n) is 8.97. The minimum absolute atomic E-state index is 0.0402. The van der Waals surface area contributed by atoms with Crippen molar-refractivity contribution in [1.29, 1.82) is 0 Å². The van der Waals surface area contributed by atoms with E-state index in [2.05, 4.69) is 5.32 Å². The van der Waals surface area contributed by atoms with Crippen LogP contribution in [-0.2, 0) is 11.0 Å². The van der Waals surface area contributed by atoms with Gasteiger partial charge < -0.3 is 14.5 Å². The number of alkyl halides is 3. The zero-order valence-electron chi connectivity index (χ0n) is 15.6. The van der Waals surface area contributed by atoms with Gasteiger partial charge in [0.2, 0.25) is 0 Å². The van der Waals surface area contributed by atoms with Crippen LogP contribution in [0.15, 0.2) is 65.1 Å². The second kappa shape index (κ2) is 7.57. The second-order valence-corrected chi connectivity index (χ2v) is 7.16. The number of hydrogen-bond donors (Lipinski definition) is 1. The van der Waals surface area contributed by atoms with Crippen LogP contribution in [0.25, 0.3) is 21.9 Å². The molecule has 8 heteroatoms. The van der Waals surface area contributed by atoms with Gasteiger partial charge in [-0.15, -0.1) is 0 Å². The summed E-state index contributed by atoms with van der Waals surface area (Å²) >= 11 is 5.99. The number of rotatable bonds is 4. The van der Waals surface area contributed by atoms with Crippen LogP contribution in [0.5, 0.6) is 5.75 Å². The third-order valence-electron chi connectivity index (χ3n) is 4.54. The number of anilines is 1. The van der Waals surface area contributed by atoms with Gasteiger partial charge in [-0.25, -0.2) is 0 Å². The van der Waals surface area contributed by atoms with Crippen LogP contribution in [0.2, 0.25) is 5.02 Å². The molecular formula is C22H15ClF3NO3. The molecule has 1 amide bonds. The van der Waals surface area contributed by atoms with Gasteiger partial charge in [-0.3, -0.25) is 4.79 Å². The zero-order valence-corrected chi connectivity index (χ0v) is 16.3. The molecule has 4 aromatic rings.